The minimum Gasteiger partial charge on any atom is -0.307 e. The number of benzene rings is 1. The van der Waals surface area contributed by atoms with Gasteiger partial charge in [-0.25, -0.2) is 4.79 Å². The van der Waals surface area contributed by atoms with E-state index in [4.69, 9.17) is 0 Å². The number of nitrogens with one attached hydrogen (secondary N) is 1. The lowest BCUT2D eigenvalue weighted by Crippen LogP contribution is -2.40. The lowest BCUT2D eigenvalue weighted by atomic mass is 10.0. The molecule has 0 saturated carbocycles. The minimum atomic E-state index is -0.355. The molecule has 0 saturated heterocycles. The van der Waals surface area contributed by atoms with Crippen molar-refractivity contribution in [2.75, 3.05) is 19.6 Å². The average molecular weight is 323 g/mol. The van der Waals surface area contributed by atoms with Gasteiger partial charge in [0.15, 0.2) is 0 Å². The third-order valence-corrected chi connectivity index (χ3v) is 4.48. The Morgan fingerprint density at radius 2 is 2.04 bits per heavy atom. The first-order valence-corrected chi connectivity index (χ1v) is 8.05. The van der Waals surface area contributed by atoms with E-state index in [1.54, 1.807) is 30.3 Å². The van der Waals surface area contributed by atoms with E-state index in [-0.39, 0.29) is 11.2 Å². The number of para-hydroxylation sites is 1. The van der Waals surface area contributed by atoms with Crippen LogP contribution >= 0.6 is 0 Å². The minimum absolute atomic E-state index is 0.234. The number of H-pyrrole nitrogens is 1. The number of aromatic nitrogens is 2. The summed E-state index contributed by atoms with van der Waals surface area (Å²) in [5.74, 6) is 0. The van der Waals surface area contributed by atoms with Gasteiger partial charge in [-0.3, -0.25) is 14.3 Å². The summed E-state index contributed by atoms with van der Waals surface area (Å²) in [7, 11) is 0. The normalized spacial score (nSPS) is 15.2. The largest absolute Gasteiger partial charge is 0.328 e. The molecule has 1 N–H and O–H groups in total. The number of hydrogen-bond donors (Lipinski definition) is 1. The van der Waals surface area contributed by atoms with E-state index in [0.717, 1.165) is 25.1 Å². The first-order valence-electron chi connectivity index (χ1n) is 8.05. The lowest BCUT2D eigenvalue weighted by molar-refractivity contribution is 0.279. The summed E-state index contributed by atoms with van der Waals surface area (Å²) < 4.78 is 1.28. The van der Waals surface area contributed by atoms with Crippen LogP contribution in [0.4, 0.5) is 0 Å². The molecule has 124 valence electrons. The van der Waals surface area contributed by atoms with Gasteiger partial charge in [0, 0.05) is 26.2 Å². The topological polar surface area (TPSA) is 58.1 Å². The Hall–Kier alpha value is -2.66. The number of rotatable bonds is 5. The highest BCUT2D eigenvalue weighted by molar-refractivity contribution is 5.76. The maximum Gasteiger partial charge on any atom is 0.328 e. The second-order valence-electron chi connectivity index (χ2n) is 5.94. The zero-order valence-electron chi connectivity index (χ0n) is 13.6. The van der Waals surface area contributed by atoms with E-state index in [1.807, 2.05) is 0 Å². The smallest absolute Gasteiger partial charge is 0.307 e. The van der Waals surface area contributed by atoms with Crippen molar-refractivity contribution in [2.45, 2.75) is 13.0 Å². The number of allylic oxidation sites excluding steroid dienone is 2. The Kier molecular flexibility index (Phi) is 4.62. The van der Waals surface area contributed by atoms with Crippen LogP contribution in [0.15, 0.2) is 70.3 Å². The van der Waals surface area contributed by atoms with Gasteiger partial charge < -0.3 is 4.98 Å². The Labute approximate surface area is 140 Å². The monoisotopic (exact) mass is 323 g/mol. The Morgan fingerprint density at radius 3 is 2.75 bits per heavy atom. The first kappa shape index (κ1) is 16.2. The molecule has 0 atom stereocenters. The molecule has 1 aliphatic rings. The standard InChI is InChI=1S/C19H21N3O2/c1-3-14(2)15-8-10-21(11-9-15)12-13-22-18(23)16-6-4-5-7-17(16)20-19(22)24/h3-8H,1-2,9-13H2,(H,20,24). The van der Waals surface area contributed by atoms with Gasteiger partial charge in [-0.1, -0.05) is 37.4 Å². The molecule has 0 radical (unpaired) electrons. The van der Waals surface area contributed by atoms with Crippen LogP contribution in [0.1, 0.15) is 6.42 Å². The predicted octanol–water partition coefficient (Wildman–Crippen LogP) is 2.06. The average Bonchev–Trinajstić information content (AvgIpc) is 2.61. The predicted molar refractivity (Wildman–Crippen MR) is 97.3 cm³/mol. The highest BCUT2D eigenvalue weighted by Gasteiger charge is 2.14. The van der Waals surface area contributed by atoms with E-state index in [9.17, 15) is 9.59 Å². The lowest BCUT2D eigenvalue weighted by Gasteiger charge is -2.26. The summed E-state index contributed by atoms with van der Waals surface area (Å²) in [6, 6.07) is 7.08. The van der Waals surface area contributed by atoms with Crippen LogP contribution < -0.4 is 11.2 Å². The highest BCUT2D eigenvalue weighted by Crippen LogP contribution is 2.18. The summed E-state index contributed by atoms with van der Waals surface area (Å²) in [6.07, 6.45) is 4.82. The van der Waals surface area contributed by atoms with Crippen LogP contribution in [0, 0.1) is 0 Å². The molecule has 1 aromatic heterocycles. The third kappa shape index (κ3) is 3.16. The fourth-order valence-corrected chi connectivity index (χ4v) is 2.98. The van der Waals surface area contributed by atoms with Crippen molar-refractivity contribution >= 4 is 10.9 Å². The maximum absolute atomic E-state index is 12.5. The van der Waals surface area contributed by atoms with Crippen LogP contribution in [0.3, 0.4) is 0 Å². The summed E-state index contributed by atoms with van der Waals surface area (Å²) >= 11 is 0. The molecule has 2 heterocycles. The molecule has 2 aromatic rings. The second-order valence-corrected chi connectivity index (χ2v) is 5.94. The Bertz CT molecular complexity index is 934. The summed E-state index contributed by atoms with van der Waals surface area (Å²) in [6.45, 7) is 10.4. The van der Waals surface area contributed by atoms with Crippen molar-refractivity contribution in [3.8, 4) is 0 Å². The van der Waals surface area contributed by atoms with Crippen LogP contribution in [0.5, 0.6) is 0 Å². The molecule has 5 heteroatoms. The second kappa shape index (κ2) is 6.84. The van der Waals surface area contributed by atoms with E-state index in [2.05, 4.69) is 29.1 Å². The Balaban J connectivity index is 1.74. The van der Waals surface area contributed by atoms with Gasteiger partial charge in [-0.2, -0.15) is 0 Å². The summed E-state index contributed by atoms with van der Waals surface area (Å²) in [4.78, 5) is 29.6. The molecule has 0 unspecified atom stereocenters. The molecule has 24 heavy (non-hydrogen) atoms. The molecule has 0 fully saturated rings. The van der Waals surface area contributed by atoms with Crippen molar-refractivity contribution in [2.24, 2.45) is 0 Å². The van der Waals surface area contributed by atoms with E-state index in [0.29, 0.717) is 24.0 Å². The van der Waals surface area contributed by atoms with Crippen LogP contribution in [0.25, 0.3) is 10.9 Å². The van der Waals surface area contributed by atoms with E-state index in [1.165, 1.54) is 10.1 Å². The zero-order chi connectivity index (χ0) is 17.1. The number of hydrogen-bond acceptors (Lipinski definition) is 3. The van der Waals surface area contributed by atoms with Gasteiger partial charge in [0.05, 0.1) is 10.9 Å². The highest BCUT2D eigenvalue weighted by atomic mass is 16.2. The fourth-order valence-electron chi connectivity index (χ4n) is 2.98. The van der Waals surface area contributed by atoms with Gasteiger partial charge in [-0.05, 0) is 29.7 Å². The first-order chi connectivity index (χ1) is 11.6. The molecule has 1 aliphatic heterocycles. The van der Waals surface area contributed by atoms with E-state index < -0.39 is 0 Å². The van der Waals surface area contributed by atoms with Crippen molar-refractivity contribution in [3.63, 3.8) is 0 Å². The maximum atomic E-state index is 12.5. The van der Waals surface area contributed by atoms with E-state index >= 15 is 0 Å². The summed E-state index contributed by atoms with van der Waals surface area (Å²) in [5.41, 5.74) is 2.19. The summed E-state index contributed by atoms with van der Waals surface area (Å²) in [5, 5.41) is 0.542. The number of fused-ring (bicyclic) bond motifs is 1. The molecule has 0 amide bonds. The van der Waals surface area contributed by atoms with Crippen molar-refractivity contribution in [1.82, 2.24) is 14.5 Å². The Morgan fingerprint density at radius 1 is 1.25 bits per heavy atom. The molecule has 3 rings (SSSR count). The molecule has 1 aromatic carbocycles. The molecule has 0 aliphatic carbocycles. The van der Waals surface area contributed by atoms with Crippen LogP contribution in [0.2, 0.25) is 0 Å². The molecule has 5 nitrogen and oxygen atoms in total. The van der Waals surface area contributed by atoms with Crippen molar-refractivity contribution in [1.29, 1.82) is 0 Å². The van der Waals surface area contributed by atoms with Crippen molar-refractivity contribution < 1.29 is 0 Å². The van der Waals surface area contributed by atoms with Crippen LogP contribution in [-0.2, 0) is 6.54 Å². The number of nitrogens with zero attached hydrogens (tertiary/aromatic N) is 2. The van der Waals surface area contributed by atoms with Gasteiger partial charge in [-0.15, -0.1) is 0 Å². The molecule has 0 bridgehead atoms. The van der Waals surface area contributed by atoms with Gasteiger partial charge in [0.25, 0.3) is 5.56 Å². The third-order valence-electron chi connectivity index (χ3n) is 4.48. The van der Waals surface area contributed by atoms with Gasteiger partial charge in [0.2, 0.25) is 0 Å². The number of aromatic amines is 1. The van der Waals surface area contributed by atoms with Gasteiger partial charge in [0.1, 0.15) is 0 Å². The fraction of sp³-hybridized carbons (Fsp3) is 0.263. The molecule has 0 spiro atoms. The van der Waals surface area contributed by atoms with Crippen LogP contribution in [-0.4, -0.2) is 34.1 Å². The van der Waals surface area contributed by atoms with Crippen molar-refractivity contribution in [3.05, 3.63) is 81.6 Å². The molecular formula is C19H21N3O2. The van der Waals surface area contributed by atoms with Gasteiger partial charge >= 0.3 is 5.69 Å². The zero-order valence-corrected chi connectivity index (χ0v) is 13.6. The molecular weight excluding hydrogens is 302 g/mol. The SMILES string of the molecule is C=CC(=C)C1=CCN(CCn2c(=O)[nH]c3ccccc3c2=O)CC1. The quantitative estimate of drug-likeness (QED) is 0.857.